The summed E-state index contributed by atoms with van der Waals surface area (Å²) in [7, 11) is 4.08. The molecular weight excluding hydrogens is 234 g/mol. The van der Waals surface area contributed by atoms with E-state index in [0.717, 1.165) is 52.5 Å². The molecule has 1 N–H and O–H groups in total. The number of ether oxygens (including phenoxy) is 1. The van der Waals surface area contributed by atoms with Crippen LogP contribution in [-0.4, -0.2) is 98.9 Å². The molecule has 106 valence electrons. The zero-order chi connectivity index (χ0) is 13.4. The Morgan fingerprint density at radius 1 is 1.00 bits per heavy atom. The Bertz CT molecular complexity index is 235. The molecule has 1 aliphatic heterocycles. The number of likely N-dealkylation sites (N-methyl/N-ethyl adjacent to an activating group) is 2. The first-order valence-electron chi connectivity index (χ1n) is 6.47. The smallest absolute Gasteiger partial charge is 0.317 e. The van der Waals surface area contributed by atoms with Gasteiger partial charge in [-0.2, -0.15) is 0 Å². The number of carbonyl (C=O) groups is 1. The summed E-state index contributed by atoms with van der Waals surface area (Å²) in [5.74, 6) is -0.754. The van der Waals surface area contributed by atoms with Gasteiger partial charge in [-0.1, -0.05) is 0 Å². The molecule has 1 rings (SSSR count). The molecule has 0 amide bonds. The Labute approximate surface area is 109 Å². The number of carboxylic acids is 1. The number of hydrogen-bond acceptors (Lipinski definition) is 5. The van der Waals surface area contributed by atoms with Gasteiger partial charge in [0, 0.05) is 39.3 Å². The lowest BCUT2D eigenvalue weighted by atomic mass is 10.4. The van der Waals surface area contributed by atoms with Crippen LogP contribution in [0.5, 0.6) is 0 Å². The molecule has 1 fully saturated rings. The van der Waals surface area contributed by atoms with E-state index in [2.05, 4.69) is 9.80 Å². The highest BCUT2D eigenvalue weighted by Crippen LogP contribution is 1.95. The predicted octanol–water partition coefficient (Wildman–Crippen LogP) is -0.733. The normalized spacial score (nSPS) is 23.2. The maximum Gasteiger partial charge on any atom is 0.317 e. The van der Waals surface area contributed by atoms with Crippen molar-refractivity contribution < 1.29 is 14.6 Å². The first-order valence-corrected chi connectivity index (χ1v) is 6.47. The summed E-state index contributed by atoms with van der Waals surface area (Å²) in [5.41, 5.74) is 0. The second-order valence-corrected chi connectivity index (χ2v) is 4.89. The van der Waals surface area contributed by atoms with Crippen LogP contribution in [0, 0.1) is 0 Å². The van der Waals surface area contributed by atoms with E-state index in [1.54, 1.807) is 0 Å². The van der Waals surface area contributed by atoms with Gasteiger partial charge >= 0.3 is 5.97 Å². The van der Waals surface area contributed by atoms with Crippen molar-refractivity contribution in [1.82, 2.24) is 14.7 Å². The standard InChI is InChI=1S/C12H25N3O3/c1-13-3-5-15(11-12(16)17)6-4-14(2)8-10-18-9-7-13/h3-11H2,1-2H3,(H,16,17). The summed E-state index contributed by atoms with van der Waals surface area (Å²) < 4.78 is 5.55. The zero-order valence-corrected chi connectivity index (χ0v) is 11.5. The van der Waals surface area contributed by atoms with Crippen molar-refractivity contribution in [3.8, 4) is 0 Å². The van der Waals surface area contributed by atoms with Crippen molar-refractivity contribution in [2.75, 3.05) is 73.1 Å². The van der Waals surface area contributed by atoms with Gasteiger partial charge in [0.1, 0.15) is 0 Å². The van der Waals surface area contributed by atoms with Crippen LogP contribution in [0.3, 0.4) is 0 Å². The lowest BCUT2D eigenvalue weighted by molar-refractivity contribution is -0.138. The topological polar surface area (TPSA) is 56.2 Å². The molecule has 6 nitrogen and oxygen atoms in total. The Balaban J connectivity index is 2.46. The van der Waals surface area contributed by atoms with Crippen LogP contribution in [-0.2, 0) is 9.53 Å². The summed E-state index contributed by atoms with van der Waals surface area (Å²) in [6, 6.07) is 0. The van der Waals surface area contributed by atoms with E-state index in [4.69, 9.17) is 9.84 Å². The fraction of sp³-hybridized carbons (Fsp3) is 0.917. The van der Waals surface area contributed by atoms with Crippen LogP contribution in [0.2, 0.25) is 0 Å². The maximum absolute atomic E-state index is 10.8. The Hall–Kier alpha value is -0.690. The highest BCUT2D eigenvalue weighted by Gasteiger charge is 2.12. The van der Waals surface area contributed by atoms with Gasteiger partial charge in [-0.3, -0.25) is 9.69 Å². The molecule has 1 aliphatic rings. The van der Waals surface area contributed by atoms with Crippen LogP contribution >= 0.6 is 0 Å². The van der Waals surface area contributed by atoms with E-state index in [1.165, 1.54) is 0 Å². The number of aliphatic carboxylic acids is 1. The molecule has 0 aromatic rings. The summed E-state index contributed by atoms with van der Waals surface area (Å²) in [6.07, 6.45) is 0. The minimum absolute atomic E-state index is 0.123. The minimum Gasteiger partial charge on any atom is -0.480 e. The van der Waals surface area contributed by atoms with E-state index in [1.807, 2.05) is 19.0 Å². The highest BCUT2D eigenvalue weighted by atomic mass is 16.5. The molecule has 0 atom stereocenters. The molecule has 0 spiro atoms. The number of nitrogens with zero attached hydrogens (tertiary/aromatic N) is 3. The van der Waals surface area contributed by atoms with E-state index in [-0.39, 0.29) is 6.54 Å². The van der Waals surface area contributed by atoms with Crippen molar-refractivity contribution in [2.45, 2.75) is 0 Å². The van der Waals surface area contributed by atoms with Crippen molar-refractivity contribution in [3.05, 3.63) is 0 Å². The largest absolute Gasteiger partial charge is 0.480 e. The Morgan fingerprint density at radius 3 is 1.94 bits per heavy atom. The van der Waals surface area contributed by atoms with Crippen molar-refractivity contribution in [3.63, 3.8) is 0 Å². The van der Waals surface area contributed by atoms with Gasteiger partial charge in [-0.25, -0.2) is 0 Å². The van der Waals surface area contributed by atoms with Crippen molar-refractivity contribution >= 4 is 5.97 Å². The lowest BCUT2D eigenvalue weighted by Gasteiger charge is -2.27. The Kier molecular flexibility index (Phi) is 7.19. The molecule has 0 radical (unpaired) electrons. The SMILES string of the molecule is CN1CCOCCN(C)CCN(CC(=O)O)CC1. The maximum atomic E-state index is 10.8. The van der Waals surface area contributed by atoms with Gasteiger partial charge in [0.25, 0.3) is 0 Å². The molecule has 0 saturated carbocycles. The molecule has 18 heavy (non-hydrogen) atoms. The molecule has 0 aliphatic carbocycles. The van der Waals surface area contributed by atoms with Crippen LogP contribution in [0.15, 0.2) is 0 Å². The van der Waals surface area contributed by atoms with Crippen LogP contribution in [0.25, 0.3) is 0 Å². The van der Waals surface area contributed by atoms with Gasteiger partial charge in [0.2, 0.25) is 0 Å². The van der Waals surface area contributed by atoms with E-state index >= 15 is 0 Å². The molecule has 0 aromatic heterocycles. The monoisotopic (exact) mass is 259 g/mol. The van der Waals surface area contributed by atoms with E-state index in [0.29, 0.717) is 0 Å². The summed E-state index contributed by atoms with van der Waals surface area (Å²) in [5, 5.41) is 8.90. The quantitative estimate of drug-likeness (QED) is 0.705. The molecule has 1 heterocycles. The Morgan fingerprint density at radius 2 is 1.50 bits per heavy atom. The zero-order valence-electron chi connectivity index (χ0n) is 11.5. The fourth-order valence-electron chi connectivity index (χ4n) is 1.85. The van der Waals surface area contributed by atoms with Crippen LogP contribution in [0.4, 0.5) is 0 Å². The number of rotatable bonds is 2. The summed E-state index contributed by atoms with van der Waals surface area (Å²) in [4.78, 5) is 17.2. The van der Waals surface area contributed by atoms with Gasteiger partial charge in [0.05, 0.1) is 19.8 Å². The number of carboxylic acid groups (broad SMARTS) is 1. The average Bonchev–Trinajstić information content (AvgIpc) is 2.30. The first-order chi connectivity index (χ1) is 8.58. The number of hydrogen-bond donors (Lipinski definition) is 1. The third-order valence-corrected chi connectivity index (χ3v) is 3.19. The second kappa shape index (κ2) is 8.42. The third kappa shape index (κ3) is 6.90. The van der Waals surface area contributed by atoms with Crippen molar-refractivity contribution in [2.24, 2.45) is 0 Å². The second-order valence-electron chi connectivity index (χ2n) is 4.89. The van der Waals surface area contributed by atoms with Crippen LogP contribution in [0.1, 0.15) is 0 Å². The third-order valence-electron chi connectivity index (χ3n) is 3.19. The average molecular weight is 259 g/mol. The van der Waals surface area contributed by atoms with Gasteiger partial charge in [0.15, 0.2) is 0 Å². The molecule has 0 bridgehead atoms. The summed E-state index contributed by atoms with van der Waals surface area (Å²) >= 11 is 0. The van der Waals surface area contributed by atoms with Crippen molar-refractivity contribution in [1.29, 1.82) is 0 Å². The highest BCUT2D eigenvalue weighted by molar-refractivity contribution is 5.69. The predicted molar refractivity (Wildman–Crippen MR) is 69.9 cm³/mol. The molecular formula is C12H25N3O3. The molecule has 0 aromatic carbocycles. The van der Waals surface area contributed by atoms with Gasteiger partial charge in [-0.05, 0) is 14.1 Å². The molecule has 6 heteroatoms. The van der Waals surface area contributed by atoms with E-state index < -0.39 is 5.97 Å². The van der Waals surface area contributed by atoms with Gasteiger partial charge in [-0.15, -0.1) is 0 Å². The van der Waals surface area contributed by atoms with E-state index in [9.17, 15) is 4.79 Å². The first kappa shape index (κ1) is 15.4. The minimum atomic E-state index is -0.754. The lowest BCUT2D eigenvalue weighted by Crippen LogP contribution is -2.42. The summed E-state index contributed by atoms with van der Waals surface area (Å²) in [6.45, 7) is 6.72. The van der Waals surface area contributed by atoms with Gasteiger partial charge < -0.3 is 19.6 Å². The molecule has 1 saturated heterocycles. The fourth-order valence-corrected chi connectivity index (χ4v) is 1.85. The molecule has 0 unspecified atom stereocenters. The van der Waals surface area contributed by atoms with Crippen LogP contribution < -0.4 is 0 Å².